The molecule has 0 saturated heterocycles. The van der Waals surface area contributed by atoms with Crippen molar-refractivity contribution >= 4 is 21.6 Å². The average molecular weight is 238 g/mol. The summed E-state index contributed by atoms with van der Waals surface area (Å²) in [5, 5.41) is 3.02. The zero-order valence-electron chi connectivity index (χ0n) is 9.03. The minimum atomic E-state index is -3.32. The molecule has 2 rings (SSSR count). The number of hydrogen-bond donors (Lipinski definition) is 2. The predicted octanol–water partition coefficient (Wildman–Crippen LogP) is 1.01. The van der Waals surface area contributed by atoms with E-state index in [1.165, 1.54) is 6.07 Å². The van der Waals surface area contributed by atoms with Crippen LogP contribution in [0.5, 0.6) is 0 Å². The number of anilines is 1. The zero-order valence-corrected chi connectivity index (χ0v) is 9.84. The summed E-state index contributed by atoms with van der Waals surface area (Å²) in [6.45, 7) is 3.05. The number of nitrogens with one attached hydrogen (secondary N) is 1. The second kappa shape index (κ2) is 3.92. The van der Waals surface area contributed by atoms with Gasteiger partial charge < -0.3 is 11.1 Å². The molecule has 0 fully saturated rings. The van der Waals surface area contributed by atoms with E-state index in [0.717, 1.165) is 12.1 Å². The van der Waals surface area contributed by atoms with Gasteiger partial charge in [-0.25, -0.2) is 8.42 Å². The molecule has 0 aliphatic carbocycles. The maximum Gasteiger partial charge on any atom is 0.204 e. The van der Waals surface area contributed by atoms with E-state index in [2.05, 4.69) is 5.32 Å². The Hall–Kier alpha value is -1.33. The van der Waals surface area contributed by atoms with Gasteiger partial charge in [-0.15, -0.1) is 0 Å². The molecule has 4 nitrogen and oxygen atoms in total. The lowest BCUT2D eigenvalue weighted by molar-refractivity contribution is 0.601. The van der Waals surface area contributed by atoms with Gasteiger partial charge in [0.1, 0.15) is 0 Å². The number of nitrogen functional groups attached to an aromatic ring is 1. The standard InChI is InChI=1S/C11H14N2O2S/c1-2-13-7-10-5-8-3-4-9(12)6-11(8)16(10,14)15/h3-6,13H,2,7,12H2,1H3. The SMILES string of the molecule is CCNCC1=Cc2ccc(N)cc2S1(=O)=O. The third-order valence-electron chi connectivity index (χ3n) is 2.54. The average Bonchev–Trinajstić information content (AvgIpc) is 2.48. The van der Waals surface area contributed by atoms with Gasteiger partial charge in [-0.3, -0.25) is 0 Å². The molecule has 3 N–H and O–H groups in total. The van der Waals surface area contributed by atoms with Crippen LogP contribution >= 0.6 is 0 Å². The molecular weight excluding hydrogens is 224 g/mol. The first-order chi connectivity index (χ1) is 7.55. The molecule has 0 unspecified atom stereocenters. The van der Waals surface area contributed by atoms with Crippen molar-refractivity contribution in [2.75, 3.05) is 18.8 Å². The van der Waals surface area contributed by atoms with Crippen molar-refractivity contribution < 1.29 is 8.42 Å². The van der Waals surface area contributed by atoms with E-state index in [-0.39, 0.29) is 0 Å². The van der Waals surface area contributed by atoms with Gasteiger partial charge in [0.2, 0.25) is 9.84 Å². The van der Waals surface area contributed by atoms with E-state index in [0.29, 0.717) is 22.0 Å². The quantitative estimate of drug-likeness (QED) is 0.771. The first kappa shape index (κ1) is 11.2. The minimum Gasteiger partial charge on any atom is -0.399 e. The summed E-state index contributed by atoms with van der Waals surface area (Å²) in [6, 6.07) is 4.96. The number of fused-ring (bicyclic) bond motifs is 1. The molecule has 1 heterocycles. The van der Waals surface area contributed by atoms with Crippen LogP contribution in [0, 0.1) is 0 Å². The molecule has 0 amide bonds. The molecule has 1 aliphatic rings. The van der Waals surface area contributed by atoms with E-state index >= 15 is 0 Å². The van der Waals surface area contributed by atoms with Gasteiger partial charge in [-0.05, 0) is 30.3 Å². The zero-order chi connectivity index (χ0) is 11.8. The highest BCUT2D eigenvalue weighted by atomic mass is 32.2. The van der Waals surface area contributed by atoms with Crippen LogP contribution in [-0.2, 0) is 9.84 Å². The molecule has 0 aromatic heterocycles. The van der Waals surface area contributed by atoms with Crippen molar-refractivity contribution in [3.05, 3.63) is 28.7 Å². The molecule has 0 saturated carbocycles. The van der Waals surface area contributed by atoms with Gasteiger partial charge in [0, 0.05) is 12.2 Å². The predicted molar refractivity (Wildman–Crippen MR) is 64.6 cm³/mol. The number of nitrogens with two attached hydrogens (primary N) is 1. The molecule has 1 aromatic carbocycles. The Kier molecular flexibility index (Phi) is 2.73. The Balaban J connectivity index is 2.44. The largest absolute Gasteiger partial charge is 0.399 e. The summed E-state index contributed by atoms with van der Waals surface area (Å²) in [5.74, 6) is 0. The van der Waals surface area contributed by atoms with Gasteiger partial charge in [-0.1, -0.05) is 13.0 Å². The van der Waals surface area contributed by atoms with Crippen molar-refractivity contribution in [1.29, 1.82) is 0 Å². The van der Waals surface area contributed by atoms with Crippen molar-refractivity contribution in [1.82, 2.24) is 5.32 Å². The number of rotatable bonds is 3. The second-order valence-electron chi connectivity index (χ2n) is 3.69. The Morgan fingerprint density at radius 3 is 2.81 bits per heavy atom. The van der Waals surface area contributed by atoms with Gasteiger partial charge in [-0.2, -0.15) is 0 Å². The highest BCUT2D eigenvalue weighted by molar-refractivity contribution is 7.95. The van der Waals surface area contributed by atoms with E-state index in [9.17, 15) is 8.42 Å². The van der Waals surface area contributed by atoms with Crippen molar-refractivity contribution in [2.45, 2.75) is 11.8 Å². The van der Waals surface area contributed by atoms with Crippen LogP contribution in [0.1, 0.15) is 12.5 Å². The molecule has 5 heteroatoms. The lowest BCUT2D eigenvalue weighted by atomic mass is 10.2. The first-order valence-electron chi connectivity index (χ1n) is 5.11. The summed E-state index contributed by atoms with van der Waals surface area (Å²) in [7, 11) is -3.32. The molecule has 0 spiro atoms. The van der Waals surface area contributed by atoms with Crippen LogP contribution in [-0.4, -0.2) is 21.5 Å². The topological polar surface area (TPSA) is 72.2 Å². The third-order valence-corrected chi connectivity index (χ3v) is 4.42. The van der Waals surface area contributed by atoms with Crippen LogP contribution in [0.25, 0.3) is 6.08 Å². The van der Waals surface area contributed by atoms with E-state index in [4.69, 9.17) is 5.73 Å². The fraction of sp³-hybridized carbons (Fsp3) is 0.273. The molecule has 0 bridgehead atoms. The Morgan fingerprint density at radius 2 is 2.12 bits per heavy atom. The number of sulfone groups is 1. The molecule has 0 atom stereocenters. The molecule has 1 aliphatic heterocycles. The highest BCUT2D eigenvalue weighted by Gasteiger charge is 2.28. The number of benzene rings is 1. The van der Waals surface area contributed by atoms with Crippen LogP contribution < -0.4 is 11.1 Å². The van der Waals surface area contributed by atoms with Gasteiger partial charge in [0.15, 0.2) is 0 Å². The van der Waals surface area contributed by atoms with Crippen molar-refractivity contribution in [2.24, 2.45) is 0 Å². The van der Waals surface area contributed by atoms with Gasteiger partial charge >= 0.3 is 0 Å². The molecule has 0 radical (unpaired) electrons. The summed E-state index contributed by atoms with van der Waals surface area (Å²) in [5.41, 5.74) is 6.79. The highest BCUT2D eigenvalue weighted by Crippen LogP contribution is 2.33. The van der Waals surface area contributed by atoms with Crippen LogP contribution in [0.4, 0.5) is 5.69 Å². The van der Waals surface area contributed by atoms with E-state index in [1.807, 2.05) is 6.92 Å². The third kappa shape index (κ3) is 1.72. The van der Waals surface area contributed by atoms with E-state index in [1.54, 1.807) is 18.2 Å². The molecule has 86 valence electrons. The molecule has 16 heavy (non-hydrogen) atoms. The molecular formula is C11H14N2O2S. The lowest BCUT2D eigenvalue weighted by Gasteiger charge is -2.04. The summed E-state index contributed by atoms with van der Waals surface area (Å²) in [4.78, 5) is 0.732. The summed E-state index contributed by atoms with van der Waals surface area (Å²) < 4.78 is 24.2. The van der Waals surface area contributed by atoms with E-state index < -0.39 is 9.84 Å². The lowest BCUT2D eigenvalue weighted by Crippen LogP contribution is -2.19. The summed E-state index contributed by atoms with van der Waals surface area (Å²) in [6.07, 6.45) is 1.70. The van der Waals surface area contributed by atoms with Crippen molar-refractivity contribution in [3.63, 3.8) is 0 Å². The smallest absolute Gasteiger partial charge is 0.204 e. The maximum atomic E-state index is 12.1. The van der Waals surface area contributed by atoms with Gasteiger partial charge in [0.05, 0.1) is 9.80 Å². The first-order valence-corrected chi connectivity index (χ1v) is 6.60. The Labute approximate surface area is 95.1 Å². The maximum absolute atomic E-state index is 12.1. The Bertz CT molecular complexity index is 547. The van der Waals surface area contributed by atoms with Crippen molar-refractivity contribution in [3.8, 4) is 0 Å². The van der Waals surface area contributed by atoms with Crippen LogP contribution in [0.3, 0.4) is 0 Å². The second-order valence-corrected chi connectivity index (χ2v) is 5.66. The fourth-order valence-electron chi connectivity index (χ4n) is 1.69. The normalized spacial score (nSPS) is 16.9. The Morgan fingerprint density at radius 1 is 1.38 bits per heavy atom. The fourth-order valence-corrected chi connectivity index (χ4v) is 3.27. The number of hydrogen-bond acceptors (Lipinski definition) is 4. The summed E-state index contributed by atoms with van der Waals surface area (Å²) >= 11 is 0. The van der Waals surface area contributed by atoms with Gasteiger partial charge in [0.25, 0.3) is 0 Å². The monoisotopic (exact) mass is 238 g/mol. The number of likely N-dealkylation sites (N-methyl/N-ethyl adjacent to an activating group) is 1. The van der Waals surface area contributed by atoms with Crippen LogP contribution in [0.2, 0.25) is 0 Å². The van der Waals surface area contributed by atoms with Crippen LogP contribution in [0.15, 0.2) is 28.0 Å². The molecule has 1 aromatic rings. The minimum absolute atomic E-state index is 0.320.